The van der Waals surface area contributed by atoms with Crippen LogP contribution < -0.4 is 5.32 Å². The second kappa shape index (κ2) is 4.26. The molecule has 1 aromatic carbocycles. The standard InChI is InChI=1S/C12H13NO2/c14-11(9-4-2-1-3-5-9)8-13-12(15)10-6-7-10/h1-5,10H,6-8H2,(H,13,15). The van der Waals surface area contributed by atoms with Gasteiger partial charge >= 0.3 is 0 Å². The fourth-order valence-corrected chi connectivity index (χ4v) is 1.38. The van der Waals surface area contributed by atoms with Crippen molar-refractivity contribution in [3.8, 4) is 0 Å². The summed E-state index contributed by atoms with van der Waals surface area (Å²) >= 11 is 0. The molecule has 1 fully saturated rings. The van der Waals surface area contributed by atoms with Crippen molar-refractivity contribution in [2.45, 2.75) is 12.8 Å². The van der Waals surface area contributed by atoms with Gasteiger partial charge in [-0.25, -0.2) is 0 Å². The minimum Gasteiger partial charge on any atom is -0.348 e. The van der Waals surface area contributed by atoms with Crippen molar-refractivity contribution in [2.24, 2.45) is 5.92 Å². The van der Waals surface area contributed by atoms with Crippen LogP contribution in [-0.2, 0) is 4.79 Å². The molecule has 0 aliphatic heterocycles. The largest absolute Gasteiger partial charge is 0.348 e. The molecule has 0 atom stereocenters. The molecule has 1 aromatic rings. The van der Waals surface area contributed by atoms with Crippen molar-refractivity contribution >= 4 is 11.7 Å². The van der Waals surface area contributed by atoms with E-state index in [4.69, 9.17) is 0 Å². The van der Waals surface area contributed by atoms with Crippen LogP contribution in [0.15, 0.2) is 30.3 Å². The van der Waals surface area contributed by atoms with Gasteiger partial charge in [0.25, 0.3) is 0 Å². The van der Waals surface area contributed by atoms with E-state index in [1.54, 1.807) is 12.1 Å². The molecule has 2 rings (SSSR count). The molecular formula is C12H13NO2. The zero-order valence-electron chi connectivity index (χ0n) is 8.40. The molecule has 1 saturated carbocycles. The highest BCUT2D eigenvalue weighted by Gasteiger charge is 2.29. The van der Waals surface area contributed by atoms with Gasteiger partial charge in [-0.15, -0.1) is 0 Å². The lowest BCUT2D eigenvalue weighted by molar-refractivity contribution is -0.122. The molecule has 0 bridgehead atoms. The molecule has 0 aromatic heterocycles. The van der Waals surface area contributed by atoms with Crippen LogP contribution in [0.4, 0.5) is 0 Å². The first-order chi connectivity index (χ1) is 7.27. The summed E-state index contributed by atoms with van der Waals surface area (Å²) in [6, 6.07) is 9.00. The zero-order chi connectivity index (χ0) is 10.7. The Morgan fingerprint density at radius 2 is 1.87 bits per heavy atom. The summed E-state index contributed by atoms with van der Waals surface area (Å²) in [4.78, 5) is 22.9. The molecule has 78 valence electrons. The number of hydrogen-bond donors (Lipinski definition) is 1. The molecule has 1 aliphatic rings. The number of nitrogens with one attached hydrogen (secondary N) is 1. The van der Waals surface area contributed by atoms with Gasteiger partial charge in [-0.05, 0) is 12.8 Å². The summed E-state index contributed by atoms with van der Waals surface area (Å²) in [6.07, 6.45) is 1.93. The van der Waals surface area contributed by atoms with E-state index in [-0.39, 0.29) is 24.2 Å². The smallest absolute Gasteiger partial charge is 0.223 e. The van der Waals surface area contributed by atoms with Crippen LogP contribution in [-0.4, -0.2) is 18.2 Å². The van der Waals surface area contributed by atoms with Crippen LogP contribution in [0.5, 0.6) is 0 Å². The summed E-state index contributed by atoms with van der Waals surface area (Å²) in [5.74, 6) is 0.137. The Bertz CT molecular complexity index is 368. The molecule has 0 spiro atoms. The van der Waals surface area contributed by atoms with E-state index >= 15 is 0 Å². The van der Waals surface area contributed by atoms with Gasteiger partial charge in [0.1, 0.15) is 0 Å². The Balaban J connectivity index is 1.84. The number of hydrogen-bond acceptors (Lipinski definition) is 2. The van der Waals surface area contributed by atoms with E-state index in [0.717, 1.165) is 12.8 Å². The van der Waals surface area contributed by atoms with Crippen LogP contribution in [0.2, 0.25) is 0 Å². The fourth-order valence-electron chi connectivity index (χ4n) is 1.38. The first-order valence-electron chi connectivity index (χ1n) is 5.13. The van der Waals surface area contributed by atoms with Gasteiger partial charge in [-0.2, -0.15) is 0 Å². The minimum absolute atomic E-state index is 0.0132. The van der Waals surface area contributed by atoms with Gasteiger partial charge in [0.05, 0.1) is 6.54 Å². The fraction of sp³-hybridized carbons (Fsp3) is 0.333. The third-order valence-corrected chi connectivity index (χ3v) is 2.47. The van der Waals surface area contributed by atoms with E-state index in [1.807, 2.05) is 18.2 Å². The van der Waals surface area contributed by atoms with E-state index in [9.17, 15) is 9.59 Å². The lowest BCUT2D eigenvalue weighted by Gasteiger charge is -2.03. The first-order valence-corrected chi connectivity index (χ1v) is 5.13. The average molecular weight is 203 g/mol. The highest BCUT2D eigenvalue weighted by atomic mass is 16.2. The second-order valence-electron chi connectivity index (χ2n) is 3.78. The summed E-state index contributed by atoms with van der Waals surface area (Å²) in [6.45, 7) is 0.110. The highest BCUT2D eigenvalue weighted by Crippen LogP contribution is 2.28. The maximum Gasteiger partial charge on any atom is 0.223 e. The summed E-state index contributed by atoms with van der Waals surface area (Å²) in [7, 11) is 0. The van der Waals surface area contributed by atoms with Crippen LogP contribution in [0.25, 0.3) is 0 Å². The quantitative estimate of drug-likeness (QED) is 0.752. The van der Waals surface area contributed by atoms with Crippen LogP contribution in [0.3, 0.4) is 0 Å². The maximum absolute atomic E-state index is 11.6. The Hall–Kier alpha value is -1.64. The third-order valence-electron chi connectivity index (χ3n) is 2.47. The summed E-state index contributed by atoms with van der Waals surface area (Å²) < 4.78 is 0. The Morgan fingerprint density at radius 1 is 1.20 bits per heavy atom. The predicted octanol–water partition coefficient (Wildman–Crippen LogP) is 1.40. The van der Waals surface area contributed by atoms with Crippen molar-refractivity contribution in [1.29, 1.82) is 0 Å². The monoisotopic (exact) mass is 203 g/mol. The van der Waals surface area contributed by atoms with Gasteiger partial charge in [0, 0.05) is 11.5 Å². The number of benzene rings is 1. The predicted molar refractivity (Wildman–Crippen MR) is 56.5 cm³/mol. The van der Waals surface area contributed by atoms with Crippen LogP contribution >= 0.6 is 0 Å². The third kappa shape index (κ3) is 2.65. The van der Waals surface area contributed by atoms with Crippen LogP contribution in [0.1, 0.15) is 23.2 Å². The Morgan fingerprint density at radius 3 is 2.47 bits per heavy atom. The topological polar surface area (TPSA) is 46.2 Å². The van der Waals surface area contributed by atoms with E-state index in [1.165, 1.54) is 0 Å². The molecule has 1 aliphatic carbocycles. The normalized spacial score (nSPS) is 14.7. The summed E-state index contributed by atoms with van der Waals surface area (Å²) in [5.41, 5.74) is 0.647. The maximum atomic E-state index is 11.6. The lowest BCUT2D eigenvalue weighted by Crippen LogP contribution is -2.30. The molecular weight excluding hydrogens is 190 g/mol. The van der Waals surface area contributed by atoms with Gasteiger partial charge in [-0.3, -0.25) is 9.59 Å². The van der Waals surface area contributed by atoms with Gasteiger partial charge in [0.2, 0.25) is 5.91 Å². The molecule has 1 amide bonds. The number of amides is 1. The van der Waals surface area contributed by atoms with Gasteiger partial charge in [-0.1, -0.05) is 30.3 Å². The Kier molecular flexibility index (Phi) is 2.81. The first kappa shape index (κ1) is 9.90. The van der Waals surface area contributed by atoms with Gasteiger partial charge in [0.15, 0.2) is 5.78 Å². The number of carbonyl (C=O) groups excluding carboxylic acids is 2. The molecule has 3 nitrogen and oxygen atoms in total. The molecule has 3 heteroatoms. The van der Waals surface area contributed by atoms with Gasteiger partial charge < -0.3 is 5.32 Å². The molecule has 0 radical (unpaired) electrons. The van der Waals surface area contributed by atoms with Crippen molar-refractivity contribution in [2.75, 3.05) is 6.54 Å². The number of Topliss-reactive ketones (excluding diaryl/α,β-unsaturated/α-hetero) is 1. The van der Waals surface area contributed by atoms with Crippen molar-refractivity contribution < 1.29 is 9.59 Å². The van der Waals surface area contributed by atoms with Crippen molar-refractivity contribution in [3.63, 3.8) is 0 Å². The molecule has 0 heterocycles. The molecule has 0 unspecified atom stereocenters. The van der Waals surface area contributed by atoms with E-state index in [2.05, 4.69) is 5.32 Å². The van der Waals surface area contributed by atoms with Crippen LogP contribution in [0, 0.1) is 5.92 Å². The van der Waals surface area contributed by atoms with Crippen molar-refractivity contribution in [3.05, 3.63) is 35.9 Å². The van der Waals surface area contributed by atoms with E-state index < -0.39 is 0 Å². The van der Waals surface area contributed by atoms with E-state index in [0.29, 0.717) is 5.56 Å². The Labute approximate surface area is 88.5 Å². The lowest BCUT2D eigenvalue weighted by atomic mass is 10.1. The van der Waals surface area contributed by atoms with Crippen molar-refractivity contribution in [1.82, 2.24) is 5.32 Å². The number of carbonyl (C=O) groups is 2. The number of ketones is 1. The number of rotatable bonds is 4. The molecule has 1 N–H and O–H groups in total. The zero-order valence-corrected chi connectivity index (χ0v) is 8.40. The molecule has 0 saturated heterocycles. The highest BCUT2D eigenvalue weighted by molar-refractivity contribution is 5.99. The summed E-state index contributed by atoms with van der Waals surface area (Å²) in [5, 5.41) is 2.65. The second-order valence-corrected chi connectivity index (χ2v) is 3.78. The molecule has 15 heavy (non-hydrogen) atoms. The minimum atomic E-state index is -0.0374. The SMILES string of the molecule is O=C(CNC(=O)C1CC1)c1ccccc1. The average Bonchev–Trinajstić information content (AvgIpc) is 3.10.